The molecule has 1 aromatic heterocycles. The van der Waals surface area contributed by atoms with Gasteiger partial charge in [0.15, 0.2) is 5.82 Å². The summed E-state index contributed by atoms with van der Waals surface area (Å²) in [5, 5.41) is 7.05. The first kappa shape index (κ1) is 20.4. The number of alkyl halides is 1. The predicted molar refractivity (Wildman–Crippen MR) is 110 cm³/mol. The number of aryl methyl sites for hydroxylation is 1. The maximum atomic E-state index is 13.7. The minimum atomic E-state index is -4.09. The molecule has 28 heavy (non-hydrogen) atoms. The van der Waals surface area contributed by atoms with E-state index in [1.165, 1.54) is 13.2 Å². The van der Waals surface area contributed by atoms with Gasteiger partial charge >= 0.3 is 0 Å². The molecule has 1 atom stereocenters. The number of nitrogen functional groups attached to an aromatic ring is 1. The quantitative estimate of drug-likeness (QED) is 0.290. The Balaban J connectivity index is 2.20. The summed E-state index contributed by atoms with van der Waals surface area (Å²) in [6, 6.07) is 4.74. The summed E-state index contributed by atoms with van der Waals surface area (Å²) in [7, 11) is -2.68. The first-order chi connectivity index (χ1) is 13.2. The monoisotopic (exact) mass is 468 g/mol. The van der Waals surface area contributed by atoms with Crippen LogP contribution in [0.25, 0.3) is 0 Å². The van der Waals surface area contributed by atoms with Crippen LogP contribution in [0.3, 0.4) is 0 Å². The molecule has 1 aromatic carbocycles. The lowest BCUT2D eigenvalue weighted by atomic mass is 10.0. The smallest absolute Gasteiger partial charge is 0.268 e. The standard InChI is InChI=1S/C18H21BrN4O4S/c1-12-13(2)27-22-17(12)23(11-26-3)28(24,25)16-10-14(20)6-7-15(16)18(19)8-4-5-9-21-18/h4-10,21H,11,20H2,1-3H3. The van der Waals surface area contributed by atoms with Crippen LogP contribution in [-0.4, -0.2) is 27.4 Å². The van der Waals surface area contributed by atoms with E-state index in [9.17, 15) is 8.42 Å². The van der Waals surface area contributed by atoms with Gasteiger partial charge in [0.2, 0.25) is 0 Å². The molecule has 0 fully saturated rings. The normalized spacial score (nSPS) is 18.9. The number of nitrogens with one attached hydrogen (secondary N) is 1. The van der Waals surface area contributed by atoms with Crippen LogP contribution < -0.4 is 15.4 Å². The molecule has 0 aliphatic carbocycles. The van der Waals surface area contributed by atoms with Gasteiger partial charge in [-0.15, -0.1) is 0 Å². The van der Waals surface area contributed by atoms with Crippen molar-refractivity contribution in [2.24, 2.45) is 0 Å². The van der Waals surface area contributed by atoms with Gasteiger partial charge in [0.25, 0.3) is 10.0 Å². The van der Waals surface area contributed by atoms with Crippen LogP contribution in [0.15, 0.2) is 52.0 Å². The van der Waals surface area contributed by atoms with Crippen molar-refractivity contribution in [3.8, 4) is 0 Å². The number of rotatable bonds is 6. The number of anilines is 2. The number of methoxy groups -OCH3 is 1. The van der Waals surface area contributed by atoms with Crippen molar-refractivity contribution in [3.05, 3.63) is 59.5 Å². The second-order valence-electron chi connectivity index (χ2n) is 6.29. The highest BCUT2D eigenvalue weighted by Crippen LogP contribution is 2.39. The Morgan fingerprint density at radius 3 is 2.68 bits per heavy atom. The van der Waals surface area contributed by atoms with Gasteiger partial charge < -0.3 is 20.3 Å². The second kappa shape index (κ2) is 7.61. The van der Waals surface area contributed by atoms with Gasteiger partial charge in [0.05, 0.1) is 4.90 Å². The summed E-state index contributed by atoms with van der Waals surface area (Å²) < 4.78 is 37.8. The van der Waals surface area contributed by atoms with Crippen molar-refractivity contribution in [2.75, 3.05) is 23.9 Å². The molecule has 150 valence electrons. The van der Waals surface area contributed by atoms with E-state index in [2.05, 4.69) is 26.4 Å². The Bertz CT molecular complexity index is 1050. The van der Waals surface area contributed by atoms with Crippen molar-refractivity contribution < 1.29 is 17.7 Å². The van der Waals surface area contributed by atoms with Crippen LogP contribution >= 0.6 is 15.9 Å². The number of dihydropyridines is 1. The highest BCUT2D eigenvalue weighted by molar-refractivity contribution is 9.09. The molecular formula is C18H21BrN4O4S. The third-order valence-corrected chi connectivity index (χ3v) is 7.08. The third-order valence-electron chi connectivity index (χ3n) is 4.41. The number of hydrogen-bond donors (Lipinski definition) is 2. The molecule has 10 heteroatoms. The van der Waals surface area contributed by atoms with Gasteiger partial charge in [0, 0.05) is 23.9 Å². The summed E-state index contributed by atoms with van der Waals surface area (Å²) in [6.07, 6.45) is 7.16. The molecule has 1 aliphatic rings. The molecule has 0 bridgehead atoms. The number of halogens is 1. The molecule has 0 spiro atoms. The van der Waals surface area contributed by atoms with Crippen LogP contribution in [0.4, 0.5) is 11.5 Å². The van der Waals surface area contributed by atoms with Crippen molar-refractivity contribution in [1.82, 2.24) is 10.5 Å². The number of aromatic nitrogens is 1. The first-order valence-corrected chi connectivity index (χ1v) is 10.6. The molecule has 2 aromatic rings. The zero-order chi connectivity index (χ0) is 20.5. The lowest BCUT2D eigenvalue weighted by Crippen LogP contribution is -2.38. The fourth-order valence-corrected chi connectivity index (χ4v) is 5.23. The van der Waals surface area contributed by atoms with Crippen molar-refractivity contribution in [2.45, 2.75) is 23.2 Å². The fourth-order valence-electron chi connectivity index (χ4n) is 2.80. The van der Waals surface area contributed by atoms with E-state index in [0.29, 0.717) is 22.6 Å². The zero-order valence-electron chi connectivity index (χ0n) is 15.6. The fraction of sp³-hybridized carbons (Fsp3) is 0.278. The number of allylic oxidation sites excluding steroid dienone is 2. The van der Waals surface area contributed by atoms with Crippen molar-refractivity contribution in [1.29, 1.82) is 0 Å². The minimum absolute atomic E-state index is 0.0222. The average molecular weight is 469 g/mol. The summed E-state index contributed by atoms with van der Waals surface area (Å²) in [5.74, 6) is 0.696. The molecule has 0 saturated heterocycles. The van der Waals surface area contributed by atoms with E-state index < -0.39 is 14.5 Å². The van der Waals surface area contributed by atoms with Crippen molar-refractivity contribution in [3.63, 3.8) is 0 Å². The number of ether oxygens (including phenoxy) is 1. The molecule has 3 N–H and O–H groups in total. The highest BCUT2D eigenvalue weighted by Gasteiger charge is 2.37. The molecule has 0 saturated carbocycles. The molecule has 0 radical (unpaired) electrons. The molecular weight excluding hydrogens is 448 g/mol. The van der Waals surface area contributed by atoms with Crippen LogP contribution in [0, 0.1) is 13.8 Å². The SMILES string of the molecule is COCN(c1noc(C)c1C)S(=O)(=O)c1cc(N)ccc1C1(Br)C=CC=CN1. The molecule has 3 rings (SSSR count). The first-order valence-electron chi connectivity index (χ1n) is 8.36. The van der Waals surface area contributed by atoms with E-state index in [-0.39, 0.29) is 17.4 Å². The summed E-state index contributed by atoms with van der Waals surface area (Å²) in [5.41, 5.74) is 7.33. The van der Waals surface area contributed by atoms with Gasteiger partial charge in [-0.25, -0.2) is 12.7 Å². The zero-order valence-corrected chi connectivity index (χ0v) is 18.0. The molecule has 2 heterocycles. The summed E-state index contributed by atoms with van der Waals surface area (Å²) >= 11 is 3.60. The minimum Gasteiger partial charge on any atom is -0.399 e. The Morgan fingerprint density at radius 2 is 2.11 bits per heavy atom. The third kappa shape index (κ3) is 3.54. The lowest BCUT2D eigenvalue weighted by Gasteiger charge is -2.31. The van der Waals surface area contributed by atoms with E-state index in [0.717, 1.165) is 4.31 Å². The molecule has 8 nitrogen and oxygen atoms in total. The highest BCUT2D eigenvalue weighted by atomic mass is 79.9. The number of benzene rings is 1. The van der Waals surface area contributed by atoms with Crippen molar-refractivity contribution >= 4 is 37.5 Å². The lowest BCUT2D eigenvalue weighted by molar-refractivity contribution is 0.208. The van der Waals surface area contributed by atoms with Gasteiger partial charge in [-0.2, -0.15) is 0 Å². The Kier molecular flexibility index (Phi) is 5.55. The number of sulfonamides is 1. The van der Waals surface area contributed by atoms with Crippen LogP contribution in [0.2, 0.25) is 0 Å². The van der Waals surface area contributed by atoms with Crippen LogP contribution in [-0.2, 0) is 19.2 Å². The maximum Gasteiger partial charge on any atom is 0.268 e. The maximum absolute atomic E-state index is 13.7. The molecule has 1 aliphatic heterocycles. The van der Waals surface area contributed by atoms with Gasteiger partial charge in [-0.05, 0) is 44.3 Å². The Hall–Kier alpha value is -2.30. The number of nitrogens with two attached hydrogens (primary N) is 1. The van der Waals surface area contributed by atoms with Gasteiger partial charge in [-0.3, -0.25) is 0 Å². The average Bonchev–Trinajstić information content (AvgIpc) is 2.98. The van der Waals surface area contributed by atoms with E-state index in [1.807, 2.05) is 18.2 Å². The summed E-state index contributed by atoms with van der Waals surface area (Å²) in [4.78, 5) is 0.0222. The number of hydrogen-bond acceptors (Lipinski definition) is 7. The van der Waals surface area contributed by atoms with Gasteiger partial charge in [0.1, 0.15) is 16.9 Å². The van der Waals surface area contributed by atoms with E-state index in [1.54, 1.807) is 32.2 Å². The Labute approximate surface area is 172 Å². The van der Waals surface area contributed by atoms with E-state index >= 15 is 0 Å². The molecule has 0 amide bonds. The van der Waals surface area contributed by atoms with Crippen LogP contribution in [0.5, 0.6) is 0 Å². The topological polar surface area (TPSA) is 111 Å². The number of nitrogens with zero attached hydrogens (tertiary/aromatic N) is 2. The van der Waals surface area contributed by atoms with Crippen LogP contribution in [0.1, 0.15) is 16.9 Å². The van der Waals surface area contributed by atoms with Gasteiger partial charge in [-0.1, -0.05) is 33.2 Å². The second-order valence-corrected chi connectivity index (χ2v) is 9.37. The summed E-state index contributed by atoms with van der Waals surface area (Å²) in [6.45, 7) is 3.22. The molecule has 1 unspecified atom stereocenters. The predicted octanol–water partition coefficient (Wildman–Crippen LogP) is 2.89. The Morgan fingerprint density at radius 1 is 1.36 bits per heavy atom. The van der Waals surface area contributed by atoms with E-state index in [4.69, 9.17) is 15.0 Å². The largest absolute Gasteiger partial charge is 0.399 e.